The molecule has 1 aliphatic rings. The number of hydrogen-bond acceptors (Lipinski definition) is 3. The van der Waals surface area contributed by atoms with Crippen molar-refractivity contribution in [3.8, 4) is 5.75 Å². The zero-order valence-corrected chi connectivity index (χ0v) is 17.4. The van der Waals surface area contributed by atoms with Gasteiger partial charge in [0.25, 0.3) is 5.91 Å². The molecule has 5 heteroatoms. The number of nitrogens with zero attached hydrogens (tertiary/aromatic N) is 1. The lowest BCUT2D eigenvalue weighted by atomic mass is 9.75. The summed E-state index contributed by atoms with van der Waals surface area (Å²) in [6, 6.07) is 14.1. The Morgan fingerprint density at radius 2 is 1.93 bits per heavy atom. The predicted molar refractivity (Wildman–Crippen MR) is 116 cm³/mol. The minimum Gasteiger partial charge on any atom is -0.497 e. The lowest BCUT2D eigenvalue weighted by Gasteiger charge is -2.33. The van der Waals surface area contributed by atoms with Gasteiger partial charge in [0.2, 0.25) is 0 Å². The van der Waals surface area contributed by atoms with Crippen molar-refractivity contribution in [3.05, 3.63) is 71.7 Å². The van der Waals surface area contributed by atoms with Gasteiger partial charge < -0.3 is 10.1 Å². The minimum atomic E-state index is -0.223. The van der Waals surface area contributed by atoms with Crippen LogP contribution in [-0.4, -0.2) is 24.0 Å². The number of pyridine rings is 1. The summed E-state index contributed by atoms with van der Waals surface area (Å²) in [6.45, 7) is 2.08. The Bertz CT molecular complexity index is 1040. The van der Waals surface area contributed by atoms with E-state index in [2.05, 4.69) is 17.2 Å². The highest BCUT2D eigenvalue weighted by Gasteiger charge is 2.28. The molecule has 1 atom stereocenters. The molecule has 2 aromatic carbocycles. The van der Waals surface area contributed by atoms with E-state index in [0.717, 1.165) is 36.6 Å². The Hall–Kier alpha value is -2.95. The zero-order valence-electron chi connectivity index (χ0n) is 17.4. The number of carbonyl (C=O) groups excluding carboxylic acids is 1. The molecular weight excluding hydrogens is 379 g/mol. The molecule has 3 aromatic rings. The van der Waals surface area contributed by atoms with E-state index in [1.54, 1.807) is 31.4 Å². The van der Waals surface area contributed by atoms with Crippen LogP contribution in [0.1, 0.15) is 54.4 Å². The van der Waals surface area contributed by atoms with Gasteiger partial charge in [0.1, 0.15) is 11.6 Å². The topological polar surface area (TPSA) is 51.2 Å². The molecule has 1 fully saturated rings. The van der Waals surface area contributed by atoms with Crippen molar-refractivity contribution in [1.82, 2.24) is 10.3 Å². The second kappa shape index (κ2) is 8.82. The van der Waals surface area contributed by atoms with Gasteiger partial charge in [-0.1, -0.05) is 6.07 Å². The van der Waals surface area contributed by atoms with Gasteiger partial charge in [0.05, 0.1) is 12.6 Å². The minimum absolute atomic E-state index is 0.0703. The number of nitrogens with one attached hydrogen (secondary N) is 1. The third-order valence-electron chi connectivity index (χ3n) is 6.35. The summed E-state index contributed by atoms with van der Waals surface area (Å²) in [4.78, 5) is 17.0. The molecule has 0 saturated heterocycles. The molecule has 0 aliphatic heterocycles. The van der Waals surface area contributed by atoms with Gasteiger partial charge in [-0.15, -0.1) is 0 Å². The van der Waals surface area contributed by atoms with E-state index >= 15 is 0 Å². The molecule has 1 saturated carbocycles. The quantitative estimate of drug-likeness (QED) is 0.611. The van der Waals surface area contributed by atoms with Gasteiger partial charge in [-0.3, -0.25) is 9.78 Å². The van der Waals surface area contributed by atoms with Gasteiger partial charge in [-0.25, -0.2) is 4.39 Å². The van der Waals surface area contributed by atoms with E-state index in [1.807, 2.05) is 24.4 Å². The number of halogens is 1. The number of benzene rings is 2. The molecule has 0 bridgehead atoms. The van der Waals surface area contributed by atoms with Crippen LogP contribution in [0.5, 0.6) is 5.75 Å². The fraction of sp³-hybridized carbons (Fsp3) is 0.360. The molecule has 1 heterocycles. The maximum Gasteiger partial charge on any atom is 0.251 e. The summed E-state index contributed by atoms with van der Waals surface area (Å²) >= 11 is 0. The van der Waals surface area contributed by atoms with E-state index < -0.39 is 0 Å². The van der Waals surface area contributed by atoms with E-state index in [0.29, 0.717) is 23.1 Å². The number of carbonyl (C=O) groups is 1. The lowest BCUT2D eigenvalue weighted by Crippen LogP contribution is -2.39. The molecule has 30 heavy (non-hydrogen) atoms. The maximum absolute atomic E-state index is 13.8. The van der Waals surface area contributed by atoms with Crippen LogP contribution >= 0.6 is 0 Å². The van der Waals surface area contributed by atoms with Gasteiger partial charge in [-0.2, -0.15) is 0 Å². The average molecular weight is 407 g/mol. The average Bonchev–Trinajstić information content (AvgIpc) is 2.78. The fourth-order valence-electron chi connectivity index (χ4n) is 4.60. The molecule has 156 valence electrons. The molecule has 4 rings (SSSR count). The van der Waals surface area contributed by atoms with Gasteiger partial charge in [-0.05, 0) is 92.5 Å². The highest BCUT2D eigenvalue weighted by atomic mass is 19.1. The van der Waals surface area contributed by atoms with Crippen molar-refractivity contribution < 1.29 is 13.9 Å². The first kappa shape index (κ1) is 20.3. The smallest absolute Gasteiger partial charge is 0.251 e. The van der Waals surface area contributed by atoms with Gasteiger partial charge >= 0.3 is 0 Å². The van der Waals surface area contributed by atoms with Crippen molar-refractivity contribution in [2.24, 2.45) is 5.92 Å². The number of aromatic nitrogens is 1. The molecule has 0 spiro atoms. The monoisotopic (exact) mass is 406 g/mol. The number of fused-ring (bicyclic) bond motifs is 1. The van der Waals surface area contributed by atoms with Gasteiger partial charge in [0.15, 0.2) is 0 Å². The van der Waals surface area contributed by atoms with Crippen molar-refractivity contribution in [3.63, 3.8) is 0 Å². The largest absolute Gasteiger partial charge is 0.497 e. The Morgan fingerprint density at radius 3 is 2.70 bits per heavy atom. The highest BCUT2D eigenvalue weighted by molar-refractivity contribution is 5.94. The number of ether oxygens (including phenoxy) is 1. The standard InChI is InChI=1S/C25H27FN2O2/c1-16(28-25(29)19-4-3-5-21(14-19)30-2)17-6-8-18(9-7-17)22-12-13-27-24-11-10-20(26)15-23(22)24/h3-5,10-18H,6-9H2,1-2H3,(H,28,29)/t16-,17?,18?/m1/s1. The van der Waals surface area contributed by atoms with Crippen LogP contribution in [0.4, 0.5) is 4.39 Å². The second-order valence-electron chi connectivity index (χ2n) is 8.17. The van der Waals surface area contributed by atoms with E-state index in [4.69, 9.17) is 4.74 Å². The van der Waals surface area contributed by atoms with Crippen molar-refractivity contribution in [2.75, 3.05) is 7.11 Å². The first-order valence-electron chi connectivity index (χ1n) is 10.5. The van der Waals surface area contributed by atoms with Crippen LogP contribution in [0.2, 0.25) is 0 Å². The Labute approximate surface area is 176 Å². The summed E-state index contributed by atoms with van der Waals surface area (Å²) in [5.41, 5.74) is 2.64. The van der Waals surface area contributed by atoms with Crippen LogP contribution in [-0.2, 0) is 0 Å². The Kier molecular flexibility index (Phi) is 5.98. The summed E-state index contributed by atoms with van der Waals surface area (Å²) in [6.07, 6.45) is 5.94. The maximum atomic E-state index is 13.8. The molecule has 1 amide bonds. The van der Waals surface area contributed by atoms with Crippen LogP contribution in [0.15, 0.2) is 54.7 Å². The molecule has 1 aromatic heterocycles. The summed E-state index contributed by atoms with van der Waals surface area (Å²) in [5.74, 6) is 1.21. The summed E-state index contributed by atoms with van der Waals surface area (Å²) in [5, 5.41) is 4.07. The van der Waals surface area contributed by atoms with Crippen LogP contribution < -0.4 is 10.1 Å². The number of methoxy groups -OCH3 is 1. The highest BCUT2D eigenvalue weighted by Crippen LogP contribution is 2.39. The van der Waals surface area contributed by atoms with Crippen LogP contribution in [0.25, 0.3) is 10.9 Å². The Balaban J connectivity index is 1.40. The van der Waals surface area contributed by atoms with Crippen LogP contribution in [0.3, 0.4) is 0 Å². The number of rotatable bonds is 5. The SMILES string of the molecule is COc1cccc(C(=O)N[C@H](C)C2CCC(c3ccnc4ccc(F)cc34)CC2)c1. The molecule has 0 radical (unpaired) electrons. The van der Waals surface area contributed by atoms with Crippen molar-refractivity contribution in [2.45, 2.75) is 44.6 Å². The van der Waals surface area contributed by atoms with Gasteiger partial charge in [0, 0.05) is 23.2 Å². The van der Waals surface area contributed by atoms with Crippen LogP contribution in [0, 0.1) is 11.7 Å². The molecular formula is C25H27FN2O2. The normalized spacial score (nSPS) is 20.0. The number of hydrogen-bond donors (Lipinski definition) is 1. The molecule has 4 nitrogen and oxygen atoms in total. The van der Waals surface area contributed by atoms with Crippen molar-refractivity contribution in [1.29, 1.82) is 0 Å². The van der Waals surface area contributed by atoms with E-state index in [1.165, 1.54) is 11.6 Å². The first-order chi connectivity index (χ1) is 14.5. The lowest BCUT2D eigenvalue weighted by molar-refractivity contribution is 0.0917. The third kappa shape index (κ3) is 4.30. The first-order valence-corrected chi connectivity index (χ1v) is 10.5. The zero-order chi connectivity index (χ0) is 21.1. The predicted octanol–water partition coefficient (Wildman–Crippen LogP) is 5.47. The molecule has 1 N–H and O–H groups in total. The van der Waals surface area contributed by atoms with E-state index in [-0.39, 0.29) is 17.8 Å². The molecule has 1 aliphatic carbocycles. The Morgan fingerprint density at radius 1 is 1.13 bits per heavy atom. The van der Waals surface area contributed by atoms with Crippen molar-refractivity contribution >= 4 is 16.8 Å². The summed E-state index contributed by atoms with van der Waals surface area (Å²) in [7, 11) is 1.60. The van der Waals surface area contributed by atoms with E-state index in [9.17, 15) is 9.18 Å². The molecule has 0 unspecified atom stereocenters. The fourth-order valence-corrected chi connectivity index (χ4v) is 4.60. The number of amides is 1. The second-order valence-corrected chi connectivity index (χ2v) is 8.17. The summed E-state index contributed by atoms with van der Waals surface area (Å²) < 4.78 is 19.0. The third-order valence-corrected chi connectivity index (χ3v) is 6.35.